The maximum Gasteiger partial charge on any atom is 0.212 e. The van der Waals surface area contributed by atoms with Gasteiger partial charge in [-0.2, -0.15) is 9.13 Å². The Kier molecular flexibility index (Phi) is 8.04. The van der Waals surface area contributed by atoms with Gasteiger partial charge in [-0.05, 0) is 53.6 Å². The molecule has 36 heavy (non-hydrogen) atoms. The fraction of sp³-hybridized carbons (Fsp3) is 0.125. The summed E-state index contributed by atoms with van der Waals surface area (Å²) in [6.45, 7) is 1.66. The van der Waals surface area contributed by atoms with Crippen LogP contribution in [0.3, 0.4) is 0 Å². The molecule has 3 aromatic carbocycles. The lowest BCUT2D eigenvalue weighted by molar-refractivity contribution is -0.677. The summed E-state index contributed by atoms with van der Waals surface area (Å²) >= 11 is 7.16. The molecule has 0 amide bonds. The van der Waals surface area contributed by atoms with Gasteiger partial charge in [0.2, 0.25) is 11.4 Å². The third-order valence-corrected chi connectivity index (χ3v) is 7.63. The van der Waals surface area contributed by atoms with Gasteiger partial charge in [-0.25, -0.2) is 0 Å². The number of benzene rings is 3. The summed E-state index contributed by atoms with van der Waals surface area (Å²) < 4.78 is 4.66. The van der Waals surface area contributed by atoms with Crippen molar-refractivity contribution in [3.05, 3.63) is 144 Å². The highest BCUT2D eigenvalue weighted by Gasteiger charge is 2.17. The zero-order chi connectivity index (χ0) is 24.7. The van der Waals surface area contributed by atoms with Gasteiger partial charge < -0.3 is 0 Å². The lowest BCUT2D eigenvalue weighted by Gasteiger charge is -2.08. The van der Waals surface area contributed by atoms with Crippen LogP contribution in [0.25, 0.3) is 22.5 Å². The molecule has 0 N–H and O–H groups in total. The first-order valence-electron chi connectivity index (χ1n) is 12.1. The molecule has 0 unspecified atom stereocenters. The molecule has 4 heteroatoms. The summed E-state index contributed by atoms with van der Waals surface area (Å²) in [5.41, 5.74) is 10.0. The van der Waals surface area contributed by atoms with Crippen molar-refractivity contribution in [1.82, 2.24) is 0 Å². The average Bonchev–Trinajstić information content (AvgIpc) is 2.94. The molecule has 0 aliphatic heterocycles. The van der Waals surface area contributed by atoms with Gasteiger partial charge in [0.1, 0.15) is 0 Å². The van der Waals surface area contributed by atoms with Crippen LogP contribution in [0.4, 0.5) is 0 Å². The first-order chi connectivity index (χ1) is 17.7. The quantitative estimate of drug-likeness (QED) is 0.129. The van der Waals surface area contributed by atoms with Crippen molar-refractivity contribution in [2.75, 3.05) is 0 Å². The van der Waals surface area contributed by atoms with Crippen molar-refractivity contribution in [3.8, 4) is 22.5 Å². The number of aromatic nitrogens is 2. The van der Waals surface area contributed by atoms with E-state index < -0.39 is 0 Å². The third-order valence-electron chi connectivity index (χ3n) is 6.33. The molecule has 0 saturated carbocycles. The Labute approximate surface area is 230 Å². The van der Waals surface area contributed by atoms with Crippen molar-refractivity contribution in [2.24, 2.45) is 0 Å². The molecule has 2 nitrogen and oxygen atoms in total. The predicted molar refractivity (Wildman–Crippen MR) is 154 cm³/mol. The molecular weight excluding hydrogens is 572 g/mol. The van der Waals surface area contributed by atoms with Crippen LogP contribution in [0.1, 0.15) is 22.3 Å². The Morgan fingerprint density at radius 1 is 0.444 bits per heavy atom. The molecule has 0 radical (unpaired) electrons. The van der Waals surface area contributed by atoms with Crippen LogP contribution >= 0.6 is 31.9 Å². The molecule has 2 heterocycles. The van der Waals surface area contributed by atoms with Crippen LogP contribution in [-0.2, 0) is 23.7 Å². The maximum absolute atomic E-state index is 3.58. The number of alkyl halides is 2. The normalized spacial score (nSPS) is 10.9. The Hall–Kier alpha value is -3.08. The van der Waals surface area contributed by atoms with E-state index in [2.05, 4.69) is 163 Å². The van der Waals surface area contributed by atoms with E-state index in [4.69, 9.17) is 0 Å². The van der Waals surface area contributed by atoms with Crippen LogP contribution in [0.15, 0.2) is 122 Å². The summed E-state index contributed by atoms with van der Waals surface area (Å²) in [6, 6.07) is 39.3. The summed E-state index contributed by atoms with van der Waals surface area (Å²) in [5.74, 6) is 0. The average molecular weight is 600 g/mol. The molecule has 0 bridgehead atoms. The van der Waals surface area contributed by atoms with Crippen LogP contribution in [-0.4, -0.2) is 0 Å². The van der Waals surface area contributed by atoms with Gasteiger partial charge in [0.05, 0.1) is 0 Å². The SMILES string of the molecule is BrCc1cccc(C[n+]2ccccc2-c2cccc(-c3cccc[n+]3Cc3cccc(CBr)c3)c2)c1. The second kappa shape index (κ2) is 11.8. The Morgan fingerprint density at radius 3 is 1.36 bits per heavy atom. The van der Waals surface area contributed by atoms with Crippen LogP contribution in [0.2, 0.25) is 0 Å². The number of pyridine rings is 2. The maximum atomic E-state index is 3.58. The van der Waals surface area contributed by atoms with E-state index in [1.54, 1.807) is 0 Å². The van der Waals surface area contributed by atoms with E-state index in [0.717, 1.165) is 23.7 Å². The largest absolute Gasteiger partial charge is 0.212 e. The van der Waals surface area contributed by atoms with Crippen LogP contribution in [0.5, 0.6) is 0 Å². The monoisotopic (exact) mass is 598 g/mol. The van der Waals surface area contributed by atoms with Crippen molar-refractivity contribution >= 4 is 31.9 Å². The minimum atomic E-state index is 0.830. The number of hydrogen-bond acceptors (Lipinski definition) is 0. The van der Waals surface area contributed by atoms with Crippen molar-refractivity contribution < 1.29 is 9.13 Å². The number of hydrogen-bond donors (Lipinski definition) is 0. The minimum Gasteiger partial charge on any atom is -0.194 e. The van der Waals surface area contributed by atoms with Crippen molar-refractivity contribution in [2.45, 2.75) is 23.7 Å². The number of halogens is 2. The van der Waals surface area contributed by atoms with E-state index in [1.807, 2.05) is 0 Å². The lowest BCUT2D eigenvalue weighted by Crippen LogP contribution is -2.37. The van der Waals surface area contributed by atoms with E-state index >= 15 is 0 Å². The van der Waals surface area contributed by atoms with E-state index in [9.17, 15) is 0 Å². The summed E-state index contributed by atoms with van der Waals surface area (Å²) in [7, 11) is 0. The molecule has 178 valence electrons. The second-order valence-corrected chi connectivity index (χ2v) is 10.0. The molecule has 0 saturated heterocycles. The molecule has 2 aromatic heterocycles. The van der Waals surface area contributed by atoms with E-state index in [-0.39, 0.29) is 0 Å². The molecular formula is C32H28Br2N2+2. The third kappa shape index (κ3) is 5.83. The smallest absolute Gasteiger partial charge is 0.194 e. The van der Waals surface area contributed by atoms with Crippen LogP contribution in [0, 0.1) is 0 Å². The molecule has 0 atom stereocenters. The summed E-state index contributed by atoms with van der Waals surface area (Å²) in [5, 5.41) is 1.74. The summed E-state index contributed by atoms with van der Waals surface area (Å²) in [4.78, 5) is 0. The topological polar surface area (TPSA) is 7.76 Å². The Bertz CT molecular complexity index is 1370. The van der Waals surface area contributed by atoms with Gasteiger partial charge in [0.25, 0.3) is 0 Å². The van der Waals surface area contributed by atoms with E-state index in [1.165, 1.54) is 44.8 Å². The molecule has 5 rings (SSSR count). The number of nitrogens with zero attached hydrogens (tertiary/aromatic N) is 2. The van der Waals surface area contributed by atoms with Gasteiger partial charge in [-0.1, -0.05) is 74.3 Å². The minimum absolute atomic E-state index is 0.830. The van der Waals surface area contributed by atoms with Crippen molar-refractivity contribution in [3.63, 3.8) is 0 Å². The zero-order valence-electron chi connectivity index (χ0n) is 20.0. The van der Waals surface area contributed by atoms with Gasteiger partial charge in [-0.15, -0.1) is 0 Å². The highest BCUT2D eigenvalue weighted by molar-refractivity contribution is 9.08. The Balaban J connectivity index is 1.48. The van der Waals surface area contributed by atoms with Gasteiger partial charge in [0, 0.05) is 57.2 Å². The molecule has 5 aromatic rings. The fourth-order valence-electron chi connectivity index (χ4n) is 4.61. The second-order valence-electron chi connectivity index (χ2n) is 8.92. The first kappa shape index (κ1) is 24.6. The molecule has 0 aliphatic rings. The van der Waals surface area contributed by atoms with Gasteiger partial charge in [-0.3, -0.25) is 0 Å². The highest BCUT2D eigenvalue weighted by atomic mass is 79.9. The van der Waals surface area contributed by atoms with Crippen LogP contribution < -0.4 is 9.13 Å². The molecule has 0 fully saturated rings. The van der Waals surface area contributed by atoms with E-state index in [0.29, 0.717) is 0 Å². The van der Waals surface area contributed by atoms with Gasteiger partial charge >= 0.3 is 0 Å². The molecule has 0 aliphatic carbocycles. The lowest BCUT2D eigenvalue weighted by atomic mass is 10.0. The zero-order valence-corrected chi connectivity index (χ0v) is 23.2. The summed E-state index contributed by atoms with van der Waals surface area (Å²) in [6.07, 6.45) is 4.34. The predicted octanol–water partition coefficient (Wildman–Crippen LogP) is 7.48. The molecule has 0 spiro atoms. The van der Waals surface area contributed by atoms with Gasteiger partial charge in [0.15, 0.2) is 25.5 Å². The Morgan fingerprint density at radius 2 is 0.889 bits per heavy atom. The highest BCUT2D eigenvalue weighted by Crippen LogP contribution is 2.23. The number of rotatable bonds is 8. The fourth-order valence-corrected chi connectivity index (χ4v) is 5.30. The standard InChI is InChI=1S/C32H28Br2N2/c33-21-25-8-5-10-27(18-25)23-35-16-3-1-14-31(35)29-12-7-13-30(20-29)32-15-2-4-17-36(32)24-28-11-6-9-26(19-28)22-34/h1-20H,21-24H2/q+2. The van der Waals surface area contributed by atoms with Crippen molar-refractivity contribution in [1.29, 1.82) is 0 Å². The first-order valence-corrected chi connectivity index (χ1v) is 14.3.